The Bertz CT molecular complexity index is 462. The second-order valence-electron chi connectivity index (χ2n) is 4.17. The number of alkyl halides is 1. The summed E-state index contributed by atoms with van der Waals surface area (Å²) in [7, 11) is 2.91. The van der Waals surface area contributed by atoms with Crippen LogP contribution in [0.25, 0.3) is 0 Å². The smallest absolute Gasteiger partial charge is 0.320 e. The average Bonchev–Trinajstić information content (AvgIpc) is 2.37. The number of rotatable bonds is 6. The molecule has 0 bridgehead atoms. The molecule has 0 amide bonds. The van der Waals surface area contributed by atoms with Crippen molar-refractivity contribution in [3.8, 4) is 11.5 Å². The summed E-state index contributed by atoms with van der Waals surface area (Å²) in [6.45, 7) is 1.37. The van der Waals surface area contributed by atoms with E-state index in [0.717, 1.165) is 0 Å². The molecule has 0 radical (unpaired) electrons. The van der Waals surface area contributed by atoms with Gasteiger partial charge < -0.3 is 20.3 Å². The SMILES string of the molecule is COc1cc(CC(N)C(=O)O)c(C(C)F)cc1OC. The predicted molar refractivity (Wildman–Crippen MR) is 68.4 cm³/mol. The number of carboxylic acid groups (broad SMARTS) is 1. The second-order valence-corrected chi connectivity index (χ2v) is 4.17. The lowest BCUT2D eigenvalue weighted by atomic mass is 9.97. The molecule has 2 unspecified atom stereocenters. The van der Waals surface area contributed by atoms with Crippen LogP contribution in [0.2, 0.25) is 0 Å². The first kappa shape index (κ1) is 15.2. The van der Waals surface area contributed by atoms with E-state index in [1.165, 1.54) is 27.2 Å². The summed E-state index contributed by atoms with van der Waals surface area (Å²) in [5, 5.41) is 8.83. The minimum atomic E-state index is -1.25. The molecule has 0 spiro atoms. The fourth-order valence-electron chi connectivity index (χ4n) is 1.81. The molecule has 1 aromatic rings. The van der Waals surface area contributed by atoms with Crippen LogP contribution in [0.5, 0.6) is 11.5 Å². The average molecular weight is 271 g/mol. The first-order valence-electron chi connectivity index (χ1n) is 5.78. The molecule has 0 aliphatic heterocycles. The maximum atomic E-state index is 13.6. The summed E-state index contributed by atoms with van der Waals surface area (Å²) >= 11 is 0. The van der Waals surface area contributed by atoms with Crippen LogP contribution < -0.4 is 15.2 Å². The van der Waals surface area contributed by atoms with Gasteiger partial charge in [0.25, 0.3) is 0 Å². The van der Waals surface area contributed by atoms with E-state index in [4.69, 9.17) is 20.3 Å². The second kappa shape index (κ2) is 6.38. The van der Waals surface area contributed by atoms with Crippen molar-refractivity contribution in [1.82, 2.24) is 0 Å². The Morgan fingerprint density at radius 1 is 1.37 bits per heavy atom. The van der Waals surface area contributed by atoms with Crippen molar-refractivity contribution >= 4 is 5.97 Å². The van der Waals surface area contributed by atoms with Crippen LogP contribution in [0.15, 0.2) is 12.1 Å². The van der Waals surface area contributed by atoms with Gasteiger partial charge in [-0.05, 0) is 36.6 Å². The zero-order valence-electron chi connectivity index (χ0n) is 11.1. The van der Waals surface area contributed by atoms with Crippen molar-refractivity contribution in [3.63, 3.8) is 0 Å². The molecule has 106 valence electrons. The molecule has 0 heterocycles. The quantitative estimate of drug-likeness (QED) is 0.822. The first-order valence-corrected chi connectivity index (χ1v) is 5.78. The Morgan fingerprint density at radius 3 is 2.32 bits per heavy atom. The van der Waals surface area contributed by atoms with Crippen LogP contribution in [0, 0.1) is 0 Å². The lowest BCUT2D eigenvalue weighted by molar-refractivity contribution is -0.138. The van der Waals surface area contributed by atoms with Crippen LogP contribution in [0.3, 0.4) is 0 Å². The zero-order valence-corrected chi connectivity index (χ0v) is 11.1. The molecule has 6 heteroatoms. The Hall–Kier alpha value is -1.82. The minimum Gasteiger partial charge on any atom is -0.493 e. The molecule has 0 fully saturated rings. The lowest BCUT2D eigenvalue weighted by Crippen LogP contribution is -2.32. The number of ether oxygens (including phenoxy) is 2. The van der Waals surface area contributed by atoms with E-state index in [2.05, 4.69) is 0 Å². The van der Waals surface area contributed by atoms with Crippen LogP contribution in [0.1, 0.15) is 24.2 Å². The molecule has 19 heavy (non-hydrogen) atoms. The largest absolute Gasteiger partial charge is 0.493 e. The van der Waals surface area contributed by atoms with E-state index in [-0.39, 0.29) is 6.42 Å². The van der Waals surface area contributed by atoms with Gasteiger partial charge in [-0.1, -0.05) is 0 Å². The minimum absolute atomic E-state index is 0.0271. The molecule has 1 rings (SSSR count). The van der Waals surface area contributed by atoms with Gasteiger partial charge in [0.2, 0.25) is 0 Å². The van der Waals surface area contributed by atoms with Crippen molar-refractivity contribution in [2.24, 2.45) is 5.73 Å². The highest BCUT2D eigenvalue weighted by atomic mass is 19.1. The number of carbonyl (C=O) groups is 1. The summed E-state index contributed by atoms with van der Waals surface area (Å²) in [4.78, 5) is 10.8. The van der Waals surface area contributed by atoms with Crippen molar-refractivity contribution < 1.29 is 23.8 Å². The molecule has 0 aromatic heterocycles. The summed E-state index contributed by atoms with van der Waals surface area (Å²) in [5.41, 5.74) is 6.34. The number of methoxy groups -OCH3 is 2. The molecule has 0 aliphatic carbocycles. The Balaban J connectivity index is 3.23. The molecule has 0 saturated heterocycles. The van der Waals surface area contributed by atoms with Crippen molar-refractivity contribution in [1.29, 1.82) is 0 Å². The standard InChI is InChI=1S/C13H18FNO4/c1-7(14)9-6-12(19-3)11(18-2)5-8(9)4-10(15)13(16)17/h5-7,10H,4,15H2,1-3H3,(H,16,17). The molecule has 0 aliphatic rings. The zero-order chi connectivity index (χ0) is 14.6. The van der Waals surface area contributed by atoms with Gasteiger partial charge in [-0.2, -0.15) is 0 Å². The lowest BCUT2D eigenvalue weighted by Gasteiger charge is -2.17. The van der Waals surface area contributed by atoms with Crippen molar-refractivity contribution in [3.05, 3.63) is 23.3 Å². The number of hydrogen-bond acceptors (Lipinski definition) is 4. The highest BCUT2D eigenvalue weighted by Gasteiger charge is 2.20. The van der Waals surface area contributed by atoms with Crippen LogP contribution in [-0.2, 0) is 11.2 Å². The Kier molecular flexibility index (Phi) is 5.11. The molecular weight excluding hydrogens is 253 g/mol. The first-order chi connectivity index (χ1) is 8.90. The van der Waals surface area contributed by atoms with E-state index in [9.17, 15) is 9.18 Å². The van der Waals surface area contributed by atoms with E-state index in [1.807, 2.05) is 0 Å². The molecule has 2 atom stereocenters. The summed E-state index contributed by atoms with van der Waals surface area (Å²) in [6, 6.07) is 1.98. The van der Waals surface area contributed by atoms with E-state index in [1.54, 1.807) is 6.07 Å². The number of halogens is 1. The Labute approximate surface area is 111 Å². The number of hydrogen-bond donors (Lipinski definition) is 2. The fourth-order valence-corrected chi connectivity index (χ4v) is 1.81. The predicted octanol–water partition coefficient (Wildman–Crippen LogP) is 1.69. The van der Waals surface area contributed by atoms with Gasteiger partial charge >= 0.3 is 5.97 Å². The third-order valence-electron chi connectivity index (χ3n) is 2.83. The molecule has 3 N–H and O–H groups in total. The van der Waals surface area contributed by atoms with Gasteiger partial charge in [0.1, 0.15) is 12.2 Å². The maximum Gasteiger partial charge on any atom is 0.320 e. The van der Waals surface area contributed by atoms with Gasteiger partial charge in [0, 0.05) is 0 Å². The van der Waals surface area contributed by atoms with Crippen LogP contribution in [-0.4, -0.2) is 31.3 Å². The third kappa shape index (κ3) is 3.57. The third-order valence-corrected chi connectivity index (χ3v) is 2.83. The monoisotopic (exact) mass is 271 g/mol. The number of nitrogens with two attached hydrogens (primary N) is 1. The van der Waals surface area contributed by atoms with Crippen molar-refractivity contribution in [2.75, 3.05) is 14.2 Å². The van der Waals surface area contributed by atoms with Crippen LogP contribution >= 0.6 is 0 Å². The highest BCUT2D eigenvalue weighted by molar-refractivity contribution is 5.73. The van der Waals surface area contributed by atoms with Gasteiger partial charge in [0.05, 0.1) is 14.2 Å². The molecule has 1 aromatic carbocycles. The topological polar surface area (TPSA) is 81.8 Å². The van der Waals surface area contributed by atoms with Gasteiger partial charge in [-0.15, -0.1) is 0 Å². The highest BCUT2D eigenvalue weighted by Crippen LogP contribution is 2.34. The van der Waals surface area contributed by atoms with Crippen molar-refractivity contribution in [2.45, 2.75) is 25.6 Å². The van der Waals surface area contributed by atoms with Gasteiger partial charge in [0.15, 0.2) is 11.5 Å². The summed E-state index contributed by atoms with van der Waals surface area (Å²) in [6.07, 6.45) is -1.23. The van der Waals surface area contributed by atoms with E-state index < -0.39 is 18.2 Å². The summed E-state index contributed by atoms with van der Waals surface area (Å²) < 4.78 is 23.8. The number of benzene rings is 1. The van der Waals surface area contributed by atoms with Gasteiger partial charge in [-0.3, -0.25) is 4.79 Å². The molecular formula is C13H18FNO4. The van der Waals surface area contributed by atoms with Crippen LogP contribution in [0.4, 0.5) is 4.39 Å². The van der Waals surface area contributed by atoms with Gasteiger partial charge in [-0.25, -0.2) is 4.39 Å². The summed E-state index contributed by atoms with van der Waals surface area (Å²) in [5.74, 6) is -0.318. The van der Waals surface area contributed by atoms with E-state index in [0.29, 0.717) is 22.6 Å². The normalized spacial score (nSPS) is 13.7. The maximum absolute atomic E-state index is 13.6. The fraction of sp³-hybridized carbons (Fsp3) is 0.462. The number of carboxylic acids is 1. The van der Waals surface area contributed by atoms with E-state index >= 15 is 0 Å². The number of aliphatic carboxylic acids is 1. The molecule has 0 saturated carbocycles. The molecule has 5 nitrogen and oxygen atoms in total. The Morgan fingerprint density at radius 2 is 1.89 bits per heavy atom.